The van der Waals surface area contributed by atoms with Gasteiger partial charge in [0.15, 0.2) is 0 Å². The van der Waals surface area contributed by atoms with Crippen LogP contribution in [0.1, 0.15) is 19.8 Å². The van der Waals surface area contributed by atoms with Crippen LogP contribution in [0.3, 0.4) is 0 Å². The summed E-state index contributed by atoms with van der Waals surface area (Å²) in [6.45, 7) is 8.18. The summed E-state index contributed by atoms with van der Waals surface area (Å²) in [6.07, 6.45) is 2.50. The Morgan fingerprint density at radius 1 is 1.29 bits per heavy atom. The van der Waals surface area contributed by atoms with E-state index in [2.05, 4.69) is 23.8 Å². The first-order chi connectivity index (χ1) is 6.64. The molecule has 2 rings (SSSR count). The second-order valence-corrected chi connectivity index (χ2v) is 5.12. The van der Waals surface area contributed by atoms with Gasteiger partial charge in [-0.3, -0.25) is 4.90 Å². The summed E-state index contributed by atoms with van der Waals surface area (Å²) in [7, 11) is 2.20. The molecule has 0 bridgehead atoms. The number of nitrogens with zero attached hydrogens (tertiary/aromatic N) is 2. The van der Waals surface area contributed by atoms with Gasteiger partial charge in [-0.2, -0.15) is 0 Å². The van der Waals surface area contributed by atoms with Crippen molar-refractivity contribution in [1.82, 2.24) is 9.80 Å². The van der Waals surface area contributed by atoms with E-state index in [9.17, 15) is 0 Å². The fourth-order valence-electron chi connectivity index (χ4n) is 2.57. The third-order valence-electron chi connectivity index (χ3n) is 3.89. The summed E-state index contributed by atoms with van der Waals surface area (Å²) in [5.74, 6) is 0.794. The molecule has 14 heavy (non-hydrogen) atoms. The van der Waals surface area contributed by atoms with Gasteiger partial charge < -0.3 is 10.6 Å². The van der Waals surface area contributed by atoms with Crippen LogP contribution in [0.2, 0.25) is 0 Å². The molecule has 1 heterocycles. The molecular formula is C11H23N3. The normalized spacial score (nSPS) is 40.1. The van der Waals surface area contributed by atoms with Crippen LogP contribution in [0.5, 0.6) is 0 Å². The first-order valence-corrected chi connectivity index (χ1v) is 5.84. The van der Waals surface area contributed by atoms with E-state index in [1.807, 2.05) is 0 Å². The van der Waals surface area contributed by atoms with E-state index >= 15 is 0 Å². The molecule has 3 nitrogen and oxygen atoms in total. The van der Waals surface area contributed by atoms with Crippen LogP contribution >= 0.6 is 0 Å². The predicted molar refractivity (Wildman–Crippen MR) is 59.3 cm³/mol. The summed E-state index contributed by atoms with van der Waals surface area (Å²) < 4.78 is 0. The minimum atomic E-state index is 0.171. The van der Waals surface area contributed by atoms with E-state index in [1.54, 1.807) is 0 Å². The maximum absolute atomic E-state index is 6.31. The van der Waals surface area contributed by atoms with E-state index < -0.39 is 0 Å². The van der Waals surface area contributed by atoms with Crippen molar-refractivity contribution >= 4 is 0 Å². The highest BCUT2D eigenvalue weighted by Gasteiger charge is 2.50. The number of piperazine rings is 1. The van der Waals surface area contributed by atoms with Crippen LogP contribution in [0.4, 0.5) is 0 Å². The largest absolute Gasteiger partial charge is 0.324 e. The lowest BCUT2D eigenvalue weighted by Gasteiger charge is -2.34. The monoisotopic (exact) mass is 197 g/mol. The standard InChI is InChI=1S/C11H23N3/c1-3-10-8-11(10,12)9-14-6-4-13(2)5-7-14/h10H,3-9,12H2,1-2H3. The molecule has 0 spiro atoms. The van der Waals surface area contributed by atoms with Gasteiger partial charge >= 0.3 is 0 Å². The molecule has 0 radical (unpaired) electrons. The van der Waals surface area contributed by atoms with Crippen molar-refractivity contribution in [3.05, 3.63) is 0 Å². The Labute approximate surface area is 87.2 Å². The van der Waals surface area contributed by atoms with Crippen molar-refractivity contribution < 1.29 is 0 Å². The Hall–Kier alpha value is -0.120. The Kier molecular flexibility index (Phi) is 2.82. The van der Waals surface area contributed by atoms with Gasteiger partial charge in [0.1, 0.15) is 0 Å². The Bertz CT molecular complexity index is 199. The molecule has 1 saturated heterocycles. The Balaban J connectivity index is 1.76. The lowest BCUT2D eigenvalue weighted by Crippen LogP contribution is -2.50. The number of hydrogen-bond donors (Lipinski definition) is 1. The van der Waals surface area contributed by atoms with Crippen LogP contribution in [-0.4, -0.2) is 55.1 Å². The smallest absolute Gasteiger partial charge is 0.0315 e. The molecule has 1 saturated carbocycles. The zero-order valence-electron chi connectivity index (χ0n) is 9.50. The lowest BCUT2D eigenvalue weighted by molar-refractivity contribution is 0.142. The van der Waals surface area contributed by atoms with Crippen LogP contribution in [-0.2, 0) is 0 Å². The summed E-state index contributed by atoms with van der Waals surface area (Å²) in [6, 6.07) is 0. The minimum absolute atomic E-state index is 0.171. The zero-order valence-corrected chi connectivity index (χ0v) is 9.50. The van der Waals surface area contributed by atoms with Crippen molar-refractivity contribution in [2.75, 3.05) is 39.8 Å². The molecule has 2 fully saturated rings. The number of rotatable bonds is 3. The topological polar surface area (TPSA) is 32.5 Å². The summed E-state index contributed by atoms with van der Waals surface area (Å²) in [5, 5.41) is 0. The molecule has 2 atom stereocenters. The minimum Gasteiger partial charge on any atom is -0.324 e. The number of hydrogen-bond acceptors (Lipinski definition) is 3. The van der Waals surface area contributed by atoms with Crippen molar-refractivity contribution in [1.29, 1.82) is 0 Å². The summed E-state index contributed by atoms with van der Waals surface area (Å²) in [5.41, 5.74) is 6.48. The molecule has 82 valence electrons. The quantitative estimate of drug-likeness (QED) is 0.709. The van der Waals surface area contributed by atoms with Gasteiger partial charge in [-0.1, -0.05) is 13.3 Å². The maximum Gasteiger partial charge on any atom is 0.0315 e. The molecular weight excluding hydrogens is 174 g/mol. The van der Waals surface area contributed by atoms with Crippen LogP contribution < -0.4 is 5.73 Å². The van der Waals surface area contributed by atoms with Crippen molar-refractivity contribution in [2.45, 2.75) is 25.3 Å². The van der Waals surface area contributed by atoms with Crippen LogP contribution in [0, 0.1) is 5.92 Å². The van der Waals surface area contributed by atoms with E-state index in [0.29, 0.717) is 0 Å². The van der Waals surface area contributed by atoms with Gasteiger partial charge in [-0.25, -0.2) is 0 Å². The van der Waals surface area contributed by atoms with E-state index in [0.717, 1.165) is 12.5 Å². The highest BCUT2D eigenvalue weighted by molar-refractivity contribution is 5.09. The van der Waals surface area contributed by atoms with E-state index in [-0.39, 0.29) is 5.54 Å². The van der Waals surface area contributed by atoms with Gasteiger partial charge in [0, 0.05) is 38.3 Å². The molecule has 2 N–H and O–H groups in total. The fraction of sp³-hybridized carbons (Fsp3) is 1.00. The molecule has 1 aliphatic carbocycles. The third-order valence-corrected chi connectivity index (χ3v) is 3.89. The lowest BCUT2D eigenvalue weighted by atomic mass is 10.1. The molecule has 3 heteroatoms. The van der Waals surface area contributed by atoms with Gasteiger partial charge in [0.05, 0.1) is 0 Å². The fourth-order valence-corrected chi connectivity index (χ4v) is 2.57. The van der Waals surface area contributed by atoms with Crippen molar-refractivity contribution in [2.24, 2.45) is 11.7 Å². The van der Waals surface area contributed by atoms with Gasteiger partial charge in [0.25, 0.3) is 0 Å². The second-order valence-electron chi connectivity index (χ2n) is 5.12. The molecule has 0 amide bonds. The summed E-state index contributed by atoms with van der Waals surface area (Å²) >= 11 is 0. The van der Waals surface area contributed by atoms with Crippen LogP contribution in [0.25, 0.3) is 0 Å². The second kappa shape index (κ2) is 3.80. The first kappa shape index (κ1) is 10.4. The van der Waals surface area contributed by atoms with Gasteiger partial charge in [-0.05, 0) is 19.4 Å². The predicted octanol–water partition coefficient (Wildman–Crippen LogP) is 0.361. The number of nitrogens with two attached hydrogens (primary N) is 1. The molecule has 2 unspecified atom stereocenters. The molecule has 0 aromatic carbocycles. The summed E-state index contributed by atoms with van der Waals surface area (Å²) in [4.78, 5) is 4.93. The average Bonchev–Trinajstić information content (AvgIpc) is 2.81. The zero-order chi connectivity index (χ0) is 10.2. The first-order valence-electron chi connectivity index (χ1n) is 5.84. The third kappa shape index (κ3) is 2.10. The average molecular weight is 197 g/mol. The van der Waals surface area contributed by atoms with Crippen molar-refractivity contribution in [3.8, 4) is 0 Å². The molecule has 0 aromatic rings. The molecule has 2 aliphatic rings. The number of likely N-dealkylation sites (N-methyl/N-ethyl adjacent to an activating group) is 1. The van der Waals surface area contributed by atoms with E-state index in [1.165, 1.54) is 39.0 Å². The maximum atomic E-state index is 6.31. The Morgan fingerprint density at radius 2 is 1.93 bits per heavy atom. The molecule has 1 aliphatic heterocycles. The van der Waals surface area contributed by atoms with Gasteiger partial charge in [-0.15, -0.1) is 0 Å². The highest BCUT2D eigenvalue weighted by Crippen LogP contribution is 2.43. The molecule has 0 aromatic heterocycles. The van der Waals surface area contributed by atoms with Crippen LogP contribution in [0.15, 0.2) is 0 Å². The highest BCUT2D eigenvalue weighted by atomic mass is 15.3. The van der Waals surface area contributed by atoms with E-state index in [4.69, 9.17) is 5.73 Å². The van der Waals surface area contributed by atoms with Crippen molar-refractivity contribution in [3.63, 3.8) is 0 Å². The van der Waals surface area contributed by atoms with Gasteiger partial charge in [0.2, 0.25) is 0 Å². The Morgan fingerprint density at radius 3 is 2.43 bits per heavy atom. The SMILES string of the molecule is CCC1CC1(N)CN1CCN(C)CC1.